The molecule has 0 radical (unpaired) electrons. The van der Waals surface area contributed by atoms with Crippen molar-refractivity contribution in [1.82, 2.24) is 9.97 Å². The zero-order valence-corrected chi connectivity index (χ0v) is 12.1. The van der Waals surface area contributed by atoms with Crippen LogP contribution in [0.5, 0.6) is 0 Å². The van der Waals surface area contributed by atoms with Crippen molar-refractivity contribution in [3.8, 4) is 0 Å². The molecule has 0 amide bonds. The number of aromatic nitrogens is 2. The lowest BCUT2D eigenvalue weighted by atomic mass is 9.85. The van der Waals surface area contributed by atoms with Crippen LogP contribution in [0.4, 0.5) is 11.4 Å². The third kappa shape index (κ3) is 2.46. The van der Waals surface area contributed by atoms with Crippen molar-refractivity contribution < 1.29 is 5.11 Å². The van der Waals surface area contributed by atoms with Crippen molar-refractivity contribution in [3.05, 3.63) is 28.8 Å². The highest BCUT2D eigenvalue weighted by molar-refractivity contribution is 5.88. The predicted octanol–water partition coefficient (Wildman–Crippen LogP) is 1.47. The molecule has 5 N–H and O–H groups in total. The normalized spacial score (nSPS) is 12.7. The van der Waals surface area contributed by atoms with Gasteiger partial charge in [0, 0.05) is 0 Å². The number of rotatable bonds is 3. The molecule has 2 rings (SSSR count). The van der Waals surface area contributed by atoms with E-state index < -0.39 is 11.1 Å². The third-order valence-corrected chi connectivity index (χ3v) is 3.79. The van der Waals surface area contributed by atoms with Crippen LogP contribution in [0.3, 0.4) is 0 Å². The number of aromatic amines is 1. The second kappa shape index (κ2) is 4.49. The van der Waals surface area contributed by atoms with Crippen LogP contribution in [0.2, 0.25) is 0 Å². The molecule has 1 heterocycles. The molecule has 108 valence electrons. The second-order valence-electron chi connectivity index (χ2n) is 6.00. The molecule has 0 unspecified atom stereocenters. The maximum absolute atomic E-state index is 11.7. The molecule has 0 saturated heterocycles. The standard InChI is InChI=1S/C14H20N4O2/c1-13(2,14(3,4)20)18-11-6-10-8(5-9(11)15)12(19)17-7-16-10/h5-7,18,20H,15H2,1-4H3,(H,16,17,19). The molecule has 0 bridgehead atoms. The van der Waals surface area contributed by atoms with Gasteiger partial charge in [0.05, 0.1) is 39.7 Å². The molecule has 6 nitrogen and oxygen atoms in total. The van der Waals surface area contributed by atoms with E-state index in [9.17, 15) is 9.90 Å². The molecular weight excluding hydrogens is 256 g/mol. The number of hydrogen-bond donors (Lipinski definition) is 4. The molecule has 0 fully saturated rings. The fourth-order valence-electron chi connectivity index (χ4n) is 1.73. The van der Waals surface area contributed by atoms with E-state index in [1.165, 1.54) is 6.33 Å². The summed E-state index contributed by atoms with van der Waals surface area (Å²) in [7, 11) is 0. The Bertz CT molecular complexity index is 698. The molecule has 0 saturated carbocycles. The number of nitrogens with zero attached hydrogens (tertiary/aromatic N) is 1. The van der Waals surface area contributed by atoms with Crippen LogP contribution in [0, 0.1) is 0 Å². The predicted molar refractivity (Wildman–Crippen MR) is 80.8 cm³/mol. The summed E-state index contributed by atoms with van der Waals surface area (Å²) in [6.45, 7) is 7.20. The average molecular weight is 276 g/mol. The lowest BCUT2D eigenvalue weighted by Gasteiger charge is -2.39. The monoisotopic (exact) mass is 276 g/mol. The van der Waals surface area contributed by atoms with Gasteiger partial charge in [0.25, 0.3) is 5.56 Å². The number of nitrogens with one attached hydrogen (secondary N) is 2. The number of H-pyrrole nitrogens is 1. The minimum absolute atomic E-state index is 0.227. The Kier molecular flexibility index (Phi) is 3.21. The van der Waals surface area contributed by atoms with Crippen molar-refractivity contribution in [2.75, 3.05) is 11.1 Å². The molecule has 0 spiro atoms. The molecule has 20 heavy (non-hydrogen) atoms. The van der Waals surface area contributed by atoms with Crippen molar-refractivity contribution in [3.63, 3.8) is 0 Å². The van der Waals surface area contributed by atoms with E-state index in [4.69, 9.17) is 5.73 Å². The minimum atomic E-state index is -0.948. The van der Waals surface area contributed by atoms with Crippen molar-refractivity contribution >= 4 is 22.3 Å². The topological polar surface area (TPSA) is 104 Å². The van der Waals surface area contributed by atoms with E-state index in [0.29, 0.717) is 22.3 Å². The van der Waals surface area contributed by atoms with Crippen LogP contribution in [-0.2, 0) is 0 Å². The first kappa shape index (κ1) is 14.3. The highest BCUT2D eigenvalue weighted by Gasteiger charge is 2.35. The number of hydrogen-bond acceptors (Lipinski definition) is 5. The lowest BCUT2D eigenvalue weighted by molar-refractivity contribution is 0.0241. The number of nitrogens with two attached hydrogens (primary N) is 1. The molecule has 0 aliphatic rings. The second-order valence-corrected chi connectivity index (χ2v) is 6.00. The van der Waals surface area contributed by atoms with Gasteiger partial charge in [0.15, 0.2) is 0 Å². The zero-order chi connectivity index (χ0) is 15.1. The Morgan fingerprint density at radius 2 is 1.95 bits per heavy atom. The molecule has 6 heteroatoms. The number of nitrogen functional groups attached to an aromatic ring is 1. The van der Waals surface area contributed by atoms with Gasteiger partial charge < -0.3 is 21.1 Å². The smallest absolute Gasteiger partial charge is 0.258 e. The highest BCUT2D eigenvalue weighted by atomic mass is 16.3. The summed E-state index contributed by atoms with van der Waals surface area (Å²) in [6, 6.07) is 3.30. The van der Waals surface area contributed by atoms with E-state index in [0.717, 1.165) is 0 Å². The minimum Gasteiger partial charge on any atom is -0.397 e. The van der Waals surface area contributed by atoms with Crippen molar-refractivity contribution in [2.45, 2.75) is 38.8 Å². The number of aliphatic hydroxyl groups is 1. The van der Waals surface area contributed by atoms with Crippen molar-refractivity contribution in [2.24, 2.45) is 0 Å². The highest BCUT2D eigenvalue weighted by Crippen LogP contribution is 2.30. The van der Waals surface area contributed by atoms with Gasteiger partial charge in [-0.3, -0.25) is 4.79 Å². The van der Waals surface area contributed by atoms with Crippen LogP contribution >= 0.6 is 0 Å². The molecule has 2 aromatic rings. The van der Waals surface area contributed by atoms with E-state index in [1.54, 1.807) is 26.0 Å². The van der Waals surface area contributed by atoms with E-state index >= 15 is 0 Å². The van der Waals surface area contributed by atoms with Gasteiger partial charge in [-0.05, 0) is 39.8 Å². The third-order valence-electron chi connectivity index (χ3n) is 3.79. The number of anilines is 2. The van der Waals surface area contributed by atoms with Gasteiger partial charge in [-0.15, -0.1) is 0 Å². The van der Waals surface area contributed by atoms with Gasteiger partial charge in [0.2, 0.25) is 0 Å². The lowest BCUT2D eigenvalue weighted by Crippen LogP contribution is -2.51. The van der Waals surface area contributed by atoms with Crippen LogP contribution in [0.1, 0.15) is 27.7 Å². The largest absolute Gasteiger partial charge is 0.397 e. The molecular formula is C14H20N4O2. The van der Waals surface area contributed by atoms with E-state index in [2.05, 4.69) is 15.3 Å². The summed E-state index contributed by atoms with van der Waals surface area (Å²) in [4.78, 5) is 18.3. The Morgan fingerprint density at radius 3 is 2.55 bits per heavy atom. The summed E-state index contributed by atoms with van der Waals surface area (Å²) in [6.07, 6.45) is 1.35. The maximum atomic E-state index is 11.7. The summed E-state index contributed by atoms with van der Waals surface area (Å²) in [5.74, 6) is 0. The first-order valence-electron chi connectivity index (χ1n) is 6.39. The molecule has 0 atom stereocenters. The first-order valence-corrected chi connectivity index (χ1v) is 6.39. The average Bonchev–Trinajstić information content (AvgIpc) is 2.30. The maximum Gasteiger partial charge on any atom is 0.258 e. The van der Waals surface area contributed by atoms with Crippen LogP contribution in [-0.4, -0.2) is 26.2 Å². The van der Waals surface area contributed by atoms with Gasteiger partial charge in [0.1, 0.15) is 0 Å². The van der Waals surface area contributed by atoms with E-state index in [1.807, 2.05) is 13.8 Å². The molecule has 1 aromatic carbocycles. The zero-order valence-electron chi connectivity index (χ0n) is 12.1. The molecule has 0 aliphatic carbocycles. The quantitative estimate of drug-likeness (QED) is 0.635. The Balaban J connectivity index is 2.51. The van der Waals surface area contributed by atoms with E-state index in [-0.39, 0.29) is 5.56 Å². The molecule has 1 aromatic heterocycles. The van der Waals surface area contributed by atoms with Gasteiger partial charge >= 0.3 is 0 Å². The Morgan fingerprint density at radius 1 is 1.30 bits per heavy atom. The fraction of sp³-hybridized carbons (Fsp3) is 0.429. The first-order chi connectivity index (χ1) is 9.12. The fourth-order valence-corrected chi connectivity index (χ4v) is 1.73. The van der Waals surface area contributed by atoms with Gasteiger partial charge in [-0.2, -0.15) is 0 Å². The number of fused-ring (bicyclic) bond motifs is 1. The summed E-state index contributed by atoms with van der Waals surface area (Å²) in [5, 5.41) is 13.8. The Labute approximate surface area is 117 Å². The number of benzene rings is 1. The summed E-state index contributed by atoms with van der Waals surface area (Å²) < 4.78 is 0. The Hall–Kier alpha value is -2.08. The van der Waals surface area contributed by atoms with Crippen LogP contribution < -0.4 is 16.6 Å². The SMILES string of the molecule is CC(C)(O)C(C)(C)Nc1cc2nc[nH]c(=O)c2cc1N. The molecule has 0 aliphatic heterocycles. The van der Waals surface area contributed by atoms with Gasteiger partial charge in [-0.1, -0.05) is 0 Å². The summed E-state index contributed by atoms with van der Waals surface area (Å²) in [5.41, 5.74) is 5.84. The van der Waals surface area contributed by atoms with Crippen molar-refractivity contribution in [1.29, 1.82) is 0 Å². The van der Waals surface area contributed by atoms with Crippen LogP contribution in [0.15, 0.2) is 23.3 Å². The van der Waals surface area contributed by atoms with Gasteiger partial charge in [-0.25, -0.2) is 4.98 Å². The van der Waals surface area contributed by atoms with Crippen LogP contribution in [0.25, 0.3) is 10.9 Å². The summed E-state index contributed by atoms with van der Waals surface area (Å²) >= 11 is 0.